The van der Waals surface area contributed by atoms with Crippen LogP contribution in [0.1, 0.15) is 25.3 Å². The number of nitrogens with zero attached hydrogens (tertiary/aromatic N) is 1. The van der Waals surface area contributed by atoms with E-state index in [2.05, 4.69) is 15.9 Å². The molecule has 3 nitrogen and oxygen atoms in total. The van der Waals surface area contributed by atoms with Crippen molar-refractivity contribution >= 4 is 31.6 Å². The Morgan fingerprint density at radius 1 is 1.41 bits per heavy atom. The predicted octanol–water partition coefficient (Wildman–Crippen LogP) is 2.94. The summed E-state index contributed by atoms with van der Waals surface area (Å²) in [5.41, 5.74) is 1.97. The minimum Gasteiger partial charge on any atom is -0.270 e. The van der Waals surface area contributed by atoms with Crippen molar-refractivity contribution in [1.29, 1.82) is 0 Å². The molecule has 0 saturated heterocycles. The van der Waals surface area contributed by atoms with Crippen LogP contribution in [-0.2, 0) is 16.4 Å². The predicted molar refractivity (Wildman–Crippen MR) is 73.9 cm³/mol. The molecular weight excluding hydrogens is 302 g/mol. The Bertz CT molecular complexity index is 513. The maximum atomic E-state index is 12.1. The molecule has 0 aliphatic carbocycles. The Morgan fingerprint density at radius 3 is 2.88 bits per heavy atom. The molecule has 0 radical (unpaired) electrons. The monoisotopic (exact) mass is 317 g/mol. The van der Waals surface area contributed by atoms with Crippen LogP contribution in [0.3, 0.4) is 0 Å². The van der Waals surface area contributed by atoms with Crippen molar-refractivity contribution < 1.29 is 8.42 Å². The van der Waals surface area contributed by atoms with E-state index in [0.717, 1.165) is 28.6 Å². The molecular formula is C12H16BrNO2S. The van der Waals surface area contributed by atoms with Crippen LogP contribution in [0.2, 0.25) is 0 Å². The van der Waals surface area contributed by atoms with Gasteiger partial charge in [-0.2, -0.15) is 0 Å². The van der Waals surface area contributed by atoms with Crippen molar-refractivity contribution in [2.75, 3.05) is 16.6 Å². The van der Waals surface area contributed by atoms with Gasteiger partial charge in [-0.3, -0.25) is 4.31 Å². The van der Waals surface area contributed by atoms with E-state index in [4.69, 9.17) is 0 Å². The quantitative estimate of drug-likeness (QED) is 0.859. The molecule has 2 rings (SSSR count). The minimum atomic E-state index is -3.14. The van der Waals surface area contributed by atoms with E-state index >= 15 is 0 Å². The molecule has 0 N–H and O–H groups in total. The number of rotatable bonds is 3. The van der Waals surface area contributed by atoms with Gasteiger partial charge in [0.1, 0.15) is 0 Å². The Balaban J connectivity index is 2.42. The summed E-state index contributed by atoms with van der Waals surface area (Å²) in [6.45, 7) is 2.50. The van der Waals surface area contributed by atoms with Crippen LogP contribution in [0.15, 0.2) is 22.7 Å². The summed E-state index contributed by atoms with van der Waals surface area (Å²) in [6, 6.07) is 5.81. The van der Waals surface area contributed by atoms with Gasteiger partial charge in [0, 0.05) is 11.0 Å². The Hall–Kier alpha value is -0.550. The zero-order valence-electron chi connectivity index (χ0n) is 9.82. The maximum Gasteiger partial charge on any atom is 0.235 e. The van der Waals surface area contributed by atoms with Crippen molar-refractivity contribution in [3.05, 3.63) is 28.2 Å². The lowest BCUT2D eigenvalue weighted by Gasteiger charge is -2.30. The standard InChI is InChI=1S/C12H16BrNO2S/c1-2-8-17(15,16)14-7-3-4-10-9-11(13)5-6-12(10)14/h5-6,9H,2-4,7-8H2,1H3. The summed E-state index contributed by atoms with van der Waals surface area (Å²) in [7, 11) is -3.14. The molecule has 0 fully saturated rings. The first-order valence-corrected chi connectivity index (χ1v) is 8.23. The number of benzene rings is 1. The zero-order chi connectivity index (χ0) is 12.5. The third-order valence-electron chi connectivity index (χ3n) is 2.92. The van der Waals surface area contributed by atoms with Crippen molar-refractivity contribution in [1.82, 2.24) is 0 Å². The van der Waals surface area contributed by atoms with E-state index in [1.54, 1.807) is 4.31 Å². The summed E-state index contributed by atoms with van der Waals surface area (Å²) in [6.07, 6.45) is 2.50. The van der Waals surface area contributed by atoms with Crippen molar-refractivity contribution in [3.63, 3.8) is 0 Å². The van der Waals surface area contributed by atoms with Crippen molar-refractivity contribution in [2.45, 2.75) is 26.2 Å². The summed E-state index contributed by atoms with van der Waals surface area (Å²) in [4.78, 5) is 0. The summed E-state index contributed by atoms with van der Waals surface area (Å²) < 4.78 is 26.9. The number of fused-ring (bicyclic) bond motifs is 1. The van der Waals surface area contributed by atoms with Gasteiger partial charge >= 0.3 is 0 Å². The van der Waals surface area contributed by atoms with Gasteiger partial charge in [0.2, 0.25) is 10.0 Å². The van der Waals surface area contributed by atoms with Crippen LogP contribution in [0.25, 0.3) is 0 Å². The lowest BCUT2D eigenvalue weighted by Crippen LogP contribution is -2.36. The molecule has 0 bridgehead atoms. The average molecular weight is 318 g/mol. The largest absolute Gasteiger partial charge is 0.270 e. The van der Waals surface area contributed by atoms with E-state index in [-0.39, 0.29) is 5.75 Å². The number of aryl methyl sites for hydroxylation is 1. The third-order valence-corrected chi connectivity index (χ3v) is 5.38. The van der Waals surface area contributed by atoms with Gasteiger partial charge in [0.15, 0.2) is 0 Å². The molecule has 1 aromatic rings. The normalized spacial score (nSPS) is 15.8. The first-order chi connectivity index (χ1) is 8.04. The SMILES string of the molecule is CCCS(=O)(=O)N1CCCc2cc(Br)ccc21. The minimum absolute atomic E-state index is 0.225. The maximum absolute atomic E-state index is 12.1. The van der Waals surface area contributed by atoms with Crippen LogP contribution >= 0.6 is 15.9 Å². The van der Waals surface area contributed by atoms with E-state index in [0.29, 0.717) is 13.0 Å². The number of halogens is 1. The number of hydrogen-bond donors (Lipinski definition) is 0. The highest BCUT2D eigenvalue weighted by Gasteiger charge is 2.26. The second-order valence-electron chi connectivity index (χ2n) is 4.26. The first kappa shape index (κ1) is 12.9. The third kappa shape index (κ3) is 2.65. The van der Waals surface area contributed by atoms with Crippen molar-refractivity contribution in [2.24, 2.45) is 0 Å². The summed E-state index contributed by atoms with van der Waals surface area (Å²) in [5, 5.41) is 0. The van der Waals surface area contributed by atoms with Gasteiger partial charge in [-0.15, -0.1) is 0 Å². The van der Waals surface area contributed by atoms with Gasteiger partial charge in [-0.1, -0.05) is 22.9 Å². The molecule has 1 aliphatic heterocycles. The van der Waals surface area contributed by atoms with Crippen LogP contribution in [0, 0.1) is 0 Å². The van der Waals surface area contributed by atoms with Gasteiger partial charge in [0.25, 0.3) is 0 Å². The molecule has 94 valence electrons. The van der Waals surface area contributed by atoms with E-state index in [1.807, 2.05) is 25.1 Å². The fraction of sp³-hybridized carbons (Fsp3) is 0.500. The molecule has 1 heterocycles. The van der Waals surface area contributed by atoms with Gasteiger partial charge < -0.3 is 0 Å². The molecule has 0 saturated carbocycles. The van der Waals surface area contributed by atoms with Gasteiger partial charge in [0.05, 0.1) is 11.4 Å². The van der Waals surface area contributed by atoms with Crippen LogP contribution in [0.4, 0.5) is 5.69 Å². The highest BCUT2D eigenvalue weighted by Crippen LogP contribution is 2.31. The number of sulfonamides is 1. The molecule has 0 amide bonds. The smallest absolute Gasteiger partial charge is 0.235 e. The Morgan fingerprint density at radius 2 is 2.18 bits per heavy atom. The zero-order valence-corrected chi connectivity index (χ0v) is 12.2. The van der Waals surface area contributed by atoms with Gasteiger partial charge in [-0.25, -0.2) is 8.42 Å². The molecule has 0 spiro atoms. The highest BCUT2D eigenvalue weighted by atomic mass is 79.9. The molecule has 17 heavy (non-hydrogen) atoms. The molecule has 5 heteroatoms. The second-order valence-corrected chi connectivity index (χ2v) is 7.19. The van der Waals surface area contributed by atoms with Gasteiger partial charge in [-0.05, 0) is 43.0 Å². The average Bonchev–Trinajstić information content (AvgIpc) is 2.27. The molecule has 0 atom stereocenters. The second kappa shape index (κ2) is 4.98. The summed E-state index contributed by atoms with van der Waals surface area (Å²) >= 11 is 3.42. The van der Waals surface area contributed by atoms with E-state index < -0.39 is 10.0 Å². The molecule has 1 aromatic carbocycles. The topological polar surface area (TPSA) is 37.4 Å². The van der Waals surface area contributed by atoms with Crippen LogP contribution in [-0.4, -0.2) is 20.7 Å². The first-order valence-electron chi connectivity index (χ1n) is 5.83. The van der Waals surface area contributed by atoms with E-state index in [1.165, 1.54) is 0 Å². The Labute approximate surface area is 111 Å². The lowest BCUT2D eigenvalue weighted by atomic mass is 10.0. The lowest BCUT2D eigenvalue weighted by molar-refractivity contribution is 0.585. The fourth-order valence-corrected chi connectivity index (χ4v) is 4.22. The molecule has 0 aromatic heterocycles. The summed E-state index contributed by atoms with van der Waals surface area (Å²) in [5.74, 6) is 0.225. The number of anilines is 1. The fourth-order valence-electron chi connectivity index (χ4n) is 2.19. The van der Waals surface area contributed by atoms with Crippen LogP contribution in [0.5, 0.6) is 0 Å². The van der Waals surface area contributed by atoms with Crippen LogP contribution < -0.4 is 4.31 Å². The number of hydrogen-bond acceptors (Lipinski definition) is 2. The van der Waals surface area contributed by atoms with Crippen molar-refractivity contribution in [3.8, 4) is 0 Å². The molecule has 1 aliphatic rings. The Kier molecular flexibility index (Phi) is 3.78. The molecule has 0 unspecified atom stereocenters. The van der Waals surface area contributed by atoms with E-state index in [9.17, 15) is 8.42 Å². The highest BCUT2D eigenvalue weighted by molar-refractivity contribution is 9.10.